The number of halogens is 1. The number of hydrogen-bond acceptors (Lipinski definition) is 4. The first-order valence-electron chi connectivity index (χ1n) is 9.20. The molecule has 1 saturated heterocycles. The summed E-state index contributed by atoms with van der Waals surface area (Å²) in [6.07, 6.45) is 0.733. The molecule has 1 fully saturated rings. The number of hydrogen-bond donors (Lipinski definition) is 0. The first kappa shape index (κ1) is 18.9. The van der Waals surface area contributed by atoms with E-state index in [1.165, 1.54) is 4.90 Å². The first-order chi connectivity index (χ1) is 13.5. The fourth-order valence-corrected chi connectivity index (χ4v) is 3.78. The molecule has 28 heavy (non-hydrogen) atoms. The molecule has 0 atom stereocenters. The molecule has 2 amide bonds. The van der Waals surface area contributed by atoms with Crippen LogP contribution in [0, 0.1) is 0 Å². The van der Waals surface area contributed by atoms with E-state index < -0.39 is 5.79 Å². The van der Waals surface area contributed by atoms with Gasteiger partial charge in [-0.3, -0.25) is 14.5 Å². The molecule has 2 aliphatic rings. The van der Waals surface area contributed by atoms with Crippen molar-refractivity contribution < 1.29 is 19.1 Å². The van der Waals surface area contributed by atoms with Gasteiger partial charge in [-0.15, -0.1) is 0 Å². The average Bonchev–Trinajstić information content (AvgIpc) is 2.93. The van der Waals surface area contributed by atoms with Gasteiger partial charge in [0.15, 0.2) is 0 Å². The van der Waals surface area contributed by atoms with Crippen molar-refractivity contribution in [2.24, 2.45) is 0 Å². The number of para-hydroxylation sites is 1. The Bertz CT molecular complexity index is 911. The predicted octanol–water partition coefficient (Wildman–Crippen LogP) is 2.93. The Morgan fingerprint density at radius 2 is 1.82 bits per heavy atom. The summed E-state index contributed by atoms with van der Waals surface area (Å²) in [6.45, 7) is 1.15. The van der Waals surface area contributed by atoms with E-state index >= 15 is 0 Å². The van der Waals surface area contributed by atoms with Crippen LogP contribution in [-0.2, 0) is 31.4 Å². The minimum Gasteiger partial charge on any atom is -0.340 e. The second-order valence-corrected chi connectivity index (χ2v) is 7.32. The molecule has 2 aliphatic heterocycles. The Morgan fingerprint density at radius 1 is 1.14 bits per heavy atom. The highest BCUT2D eigenvalue weighted by atomic mass is 35.5. The third kappa shape index (κ3) is 3.17. The molecule has 0 unspecified atom stereocenters. The van der Waals surface area contributed by atoms with Gasteiger partial charge in [-0.25, -0.2) is 0 Å². The van der Waals surface area contributed by atoms with Crippen molar-refractivity contribution in [2.75, 3.05) is 31.7 Å². The van der Waals surface area contributed by atoms with Crippen LogP contribution in [-0.4, -0.2) is 43.5 Å². The largest absolute Gasteiger partial charge is 0.340 e. The Hall–Kier alpha value is -2.41. The van der Waals surface area contributed by atoms with E-state index in [1.54, 1.807) is 18.0 Å². The van der Waals surface area contributed by atoms with Gasteiger partial charge in [0.25, 0.3) is 11.7 Å². The normalized spacial score (nSPS) is 17.6. The van der Waals surface area contributed by atoms with Crippen LogP contribution in [0.1, 0.15) is 17.5 Å². The van der Waals surface area contributed by atoms with Crippen LogP contribution in [0.25, 0.3) is 0 Å². The van der Waals surface area contributed by atoms with Crippen LogP contribution in [0.15, 0.2) is 48.5 Å². The molecule has 2 heterocycles. The lowest BCUT2D eigenvalue weighted by molar-refractivity contribution is -0.256. The summed E-state index contributed by atoms with van der Waals surface area (Å²) >= 11 is 6.20. The molecule has 2 aromatic rings. The summed E-state index contributed by atoms with van der Waals surface area (Å²) in [5.74, 6) is -1.99. The maximum absolute atomic E-state index is 13.2. The molecule has 1 spiro atoms. The Labute approximate surface area is 168 Å². The highest BCUT2D eigenvalue weighted by Gasteiger charge is 2.55. The van der Waals surface area contributed by atoms with Crippen molar-refractivity contribution in [3.63, 3.8) is 0 Å². The van der Waals surface area contributed by atoms with Gasteiger partial charge in [-0.2, -0.15) is 0 Å². The number of anilines is 1. The topological polar surface area (TPSA) is 59.1 Å². The smallest absolute Gasteiger partial charge is 0.293 e. The number of carbonyl (C=O) groups is 2. The monoisotopic (exact) mass is 400 g/mol. The zero-order chi connectivity index (χ0) is 19.7. The van der Waals surface area contributed by atoms with Crippen LogP contribution in [0.4, 0.5) is 5.69 Å². The van der Waals surface area contributed by atoms with E-state index in [4.69, 9.17) is 21.1 Å². The summed E-state index contributed by atoms with van der Waals surface area (Å²) in [5, 5.41) is 0.604. The quantitative estimate of drug-likeness (QED) is 0.791. The first-order valence-corrected chi connectivity index (χ1v) is 9.57. The van der Waals surface area contributed by atoms with E-state index in [9.17, 15) is 9.59 Å². The highest BCUT2D eigenvalue weighted by molar-refractivity contribution is 6.31. The van der Waals surface area contributed by atoms with Crippen LogP contribution in [0.2, 0.25) is 5.02 Å². The molecule has 2 aromatic carbocycles. The molecule has 6 nitrogen and oxygen atoms in total. The molecule has 0 N–H and O–H groups in total. The highest BCUT2D eigenvalue weighted by Crippen LogP contribution is 2.44. The van der Waals surface area contributed by atoms with Crippen molar-refractivity contribution >= 4 is 29.1 Å². The molecule has 0 saturated carbocycles. The third-order valence-electron chi connectivity index (χ3n) is 5.06. The van der Waals surface area contributed by atoms with Crippen molar-refractivity contribution in [1.29, 1.82) is 0 Å². The Kier molecular flexibility index (Phi) is 5.10. The summed E-state index contributed by atoms with van der Waals surface area (Å²) in [6, 6.07) is 14.7. The van der Waals surface area contributed by atoms with Crippen molar-refractivity contribution in [1.82, 2.24) is 4.90 Å². The zero-order valence-electron chi connectivity index (χ0n) is 15.6. The molecule has 7 heteroatoms. The van der Waals surface area contributed by atoms with Crippen molar-refractivity contribution in [3.05, 3.63) is 64.7 Å². The van der Waals surface area contributed by atoms with E-state index in [-0.39, 0.29) is 18.4 Å². The van der Waals surface area contributed by atoms with Gasteiger partial charge >= 0.3 is 0 Å². The lowest BCUT2D eigenvalue weighted by Crippen LogP contribution is -2.49. The number of ether oxygens (including phenoxy) is 2. The van der Waals surface area contributed by atoms with E-state index in [1.807, 2.05) is 42.5 Å². The molecule has 0 bridgehead atoms. The van der Waals surface area contributed by atoms with Crippen molar-refractivity contribution in [2.45, 2.75) is 18.8 Å². The number of benzene rings is 2. The SMILES string of the molecule is CN(Cc1ccccc1Cl)C(=O)CN1C(=O)C2(OCCCO2)c2ccccc21. The Morgan fingerprint density at radius 3 is 2.57 bits per heavy atom. The fraction of sp³-hybridized carbons (Fsp3) is 0.333. The maximum atomic E-state index is 13.2. The van der Waals surface area contributed by atoms with Crippen LogP contribution >= 0.6 is 11.6 Å². The Balaban J connectivity index is 1.55. The van der Waals surface area contributed by atoms with Gasteiger partial charge < -0.3 is 14.4 Å². The molecule has 0 aromatic heterocycles. The lowest BCUT2D eigenvalue weighted by Gasteiger charge is -2.32. The predicted molar refractivity (Wildman–Crippen MR) is 105 cm³/mol. The number of amides is 2. The van der Waals surface area contributed by atoms with E-state index in [2.05, 4.69) is 0 Å². The minimum atomic E-state index is -1.43. The minimum absolute atomic E-state index is 0.0920. The van der Waals surface area contributed by atoms with Gasteiger partial charge in [-0.1, -0.05) is 48.0 Å². The van der Waals surface area contributed by atoms with Crippen LogP contribution < -0.4 is 4.90 Å². The van der Waals surface area contributed by atoms with Gasteiger partial charge in [0, 0.05) is 24.2 Å². The molecule has 0 radical (unpaired) electrons. The molecular formula is C21H21ClN2O4. The number of nitrogens with zero attached hydrogens (tertiary/aromatic N) is 2. The second-order valence-electron chi connectivity index (χ2n) is 6.92. The maximum Gasteiger partial charge on any atom is 0.293 e. The van der Waals surface area contributed by atoms with Gasteiger partial charge in [-0.05, 0) is 24.1 Å². The van der Waals surface area contributed by atoms with Crippen LogP contribution in [0.5, 0.6) is 0 Å². The van der Waals surface area contributed by atoms with Crippen molar-refractivity contribution in [3.8, 4) is 0 Å². The number of likely N-dealkylation sites (N-methyl/N-ethyl adjacent to an activating group) is 1. The third-order valence-corrected chi connectivity index (χ3v) is 5.43. The number of rotatable bonds is 4. The summed E-state index contributed by atoms with van der Waals surface area (Å²) in [4.78, 5) is 29.1. The van der Waals surface area contributed by atoms with Gasteiger partial charge in [0.2, 0.25) is 5.91 Å². The summed E-state index contributed by atoms with van der Waals surface area (Å²) < 4.78 is 11.6. The average molecular weight is 401 g/mol. The molecule has 0 aliphatic carbocycles. The van der Waals surface area contributed by atoms with E-state index in [0.29, 0.717) is 36.0 Å². The van der Waals surface area contributed by atoms with Crippen LogP contribution in [0.3, 0.4) is 0 Å². The molecular weight excluding hydrogens is 380 g/mol. The summed E-state index contributed by atoms with van der Waals surface area (Å²) in [7, 11) is 1.70. The second kappa shape index (κ2) is 7.54. The van der Waals surface area contributed by atoms with Gasteiger partial charge in [0.05, 0.1) is 18.9 Å². The standard InChI is InChI=1S/C21H21ClN2O4/c1-23(13-15-7-2-4-9-17(15)22)19(25)14-24-18-10-5-3-8-16(18)21(20(24)26)27-11-6-12-28-21/h2-5,7-10H,6,11-14H2,1H3. The summed E-state index contributed by atoms with van der Waals surface area (Å²) in [5.41, 5.74) is 2.15. The van der Waals surface area contributed by atoms with E-state index in [0.717, 1.165) is 12.0 Å². The number of fused-ring (bicyclic) bond motifs is 2. The molecule has 4 rings (SSSR count). The zero-order valence-corrected chi connectivity index (χ0v) is 16.3. The number of carbonyl (C=O) groups excluding carboxylic acids is 2. The fourth-order valence-electron chi connectivity index (χ4n) is 3.58. The lowest BCUT2D eigenvalue weighted by atomic mass is 10.1. The molecule has 146 valence electrons. The van der Waals surface area contributed by atoms with Gasteiger partial charge in [0.1, 0.15) is 6.54 Å².